The first-order valence-corrected chi connectivity index (χ1v) is 8.04. The van der Waals surface area contributed by atoms with Gasteiger partial charge in [0.15, 0.2) is 0 Å². The van der Waals surface area contributed by atoms with E-state index in [0.717, 1.165) is 22.2 Å². The Balaban J connectivity index is 1.66. The molecular weight excluding hydrogens is 312 g/mol. The van der Waals surface area contributed by atoms with E-state index in [1.807, 2.05) is 73.7 Å². The summed E-state index contributed by atoms with van der Waals surface area (Å²) in [4.78, 5) is 12.6. The van der Waals surface area contributed by atoms with E-state index in [-0.39, 0.29) is 0 Å². The molecule has 0 saturated heterocycles. The Bertz CT molecular complexity index is 1050. The van der Waals surface area contributed by atoms with Gasteiger partial charge in [-0.15, -0.1) is 0 Å². The fourth-order valence-corrected chi connectivity index (χ4v) is 2.77. The molecule has 122 valence electrons. The van der Waals surface area contributed by atoms with Crippen LogP contribution < -0.4 is 4.74 Å². The molecule has 0 atom stereocenters. The van der Waals surface area contributed by atoms with Crippen molar-refractivity contribution < 1.29 is 9.53 Å². The Hall–Kier alpha value is -3.40. The van der Waals surface area contributed by atoms with Crippen molar-refractivity contribution in [2.45, 2.75) is 6.92 Å². The molecule has 4 heteroatoms. The van der Waals surface area contributed by atoms with Gasteiger partial charge in [0.2, 0.25) is 5.88 Å². The highest BCUT2D eigenvalue weighted by atomic mass is 16.5. The summed E-state index contributed by atoms with van der Waals surface area (Å²) in [5.41, 5.74) is 2.14. The van der Waals surface area contributed by atoms with Crippen molar-refractivity contribution in [1.29, 1.82) is 0 Å². The number of benzene rings is 3. The first kappa shape index (κ1) is 15.1. The molecule has 1 heterocycles. The number of esters is 1. The fraction of sp³-hybridized carbons (Fsp3) is 0.0476. The molecule has 0 radical (unpaired) electrons. The van der Waals surface area contributed by atoms with Crippen LogP contribution in [0.25, 0.3) is 16.5 Å². The highest BCUT2D eigenvalue weighted by Gasteiger charge is 2.15. The molecule has 0 fully saturated rings. The van der Waals surface area contributed by atoms with E-state index in [4.69, 9.17) is 4.74 Å². The molecule has 25 heavy (non-hydrogen) atoms. The third kappa shape index (κ3) is 3.02. The number of rotatable bonds is 3. The summed E-state index contributed by atoms with van der Waals surface area (Å²) >= 11 is 0. The standard InChI is InChI=1S/C21H16N2O2/c1-15-13-20(23(22-15)19-9-3-2-4-10-19)25-21(24)18-12-11-16-7-5-6-8-17(16)14-18/h2-14H,1H3. The Morgan fingerprint density at radius 2 is 1.60 bits per heavy atom. The SMILES string of the molecule is Cc1cc(OC(=O)c2ccc3ccccc3c2)n(-c2ccccc2)n1. The number of carbonyl (C=O) groups is 1. The van der Waals surface area contributed by atoms with E-state index < -0.39 is 5.97 Å². The topological polar surface area (TPSA) is 44.1 Å². The molecule has 0 aliphatic carbocycles. The summed E-state index contributed by atoms with van der Waals surface area (Å²) in [5, 5.41) is 6.51. The van der Waals surface area contributed by atoms with E-state index in [1.165, 1.54) is 0 Å². The molecule has 0 spiro atoms. The summed E-state index contributed by atoms with van der Waals surface area (Å²) in [7, 11) is 0. The van der Waals surface area contributed by atoms with E-state index in [1.54, 1.807) is 16.8 Å². The Morgan fingerprint density at radius 1 is 0.880 bits per heavy atom. The van der Waals surface area contributed by atoms with Crippen LogP contribution in [0.3, 0.4) is 0 Å². The molecule has 0 aliphatic heterocycles. The van der Waals surface area contributed by atoms with Crippen LogP contribution in [0.2, 0.25) is 0 Å². The molecule has 0 unspecified atom stereocenters. The van der Waals surface area contributed by atoms with Gasteiger partial charge in [0.25, 0.3) is 0 Å². The molecule has 4 nitrogen and oxygen atoms in total. The summed E-state index contributed by atoms with van der Waals surface area (Å²) < 4.78 is 7.25. The van der Waals surface area contributed by atoms with E-state index in [2.05, 4.69) is 5.10 Å². The minimum atomic E-state index is -0.400. The molecule has 3 aromatic carbocycles. The van der Waals surface area contributed by atoms with Crippen molar-refractivity contribution >= 4 is 16.7 Å². The normalized spacial score (nSPS) is 10.8. The van der Waals surface area contributed by atoms with Crippen LogP contribution in [0.15, 0.2) is 78.9 Å². The van der Waals surface area contributed by atoms with Crippen molar-refractivity contribution in [2.75, 3.05) is 0 Å². The summed E-state index contributed by atoms with van der Waals surface area (Å²) in [6.45, 7) is 1.87. The zero-order chi connectivity index (χ0) is 17.2. The largest absolute Gasteiger partial charge is 0.404 e. The first-order valence-electron chi connectivity index (χ1n) is 8.04. The van der Waals surface area contributed by atoms with Gasteiger partial charge < -0.3 is 4.74 Å². The maximum atomic E-state index is 12.6. The van der Waals surface area contributed by atoms with Gasteiger partial charge in [0.05, 0.1) is 16.9 Å². The number of ether oxygens (including phenoxy) is 1. The third-order valence-corrected chi connectivity index (χ3v) is 3.98. The van der Waals surface area contributed by atoms with Gasteiger partial charge in [-0.3, -0.25) is 0 Å². The van der Waals surface area contributed by atoms with E-state index in [0.29, 0.717) is 11.4 Å². The highest BCUT2D eigenvalue weighted by molar-refractivity contribution is 5.96. The van der Waals surface area contributed by atoms with Crippen LogP contribution in [0.4, 0.5) is 0 Å². The zero-order valence-electron chi connectivity index (χ0n) is 13.7. The first-order chi connectivity index (χ1) is 12.2. The zero-order valence-corrected chi connectivity index (χ0v) is 13.7. The quantitative estimate of drug-likeness (QED) is 0.518. The van der Waals surface area contributed by atoms with E-state index >= 15 is 0 Å². The van der Waals surface area contributed by atoms with Crippen molar-refractivity contribution in [3.05, 3.63) is 90.1 Å². The minimum Gasteiger partial charge on any atom is -0.404 e. The number of hydrogen-bond acceptors (Lipinski definition) is 3. The number of nitrogens with zero attached hydrogens (tertiary/aromatic N) is 2. The maximum Gasteiger partial charge on any atom is 0.344 e. The Kier molecular flexibility index (Phi) is 3.78. The fourth-order valence-electron chi connectivity index (χ4n) is 2.77. The second-order valence-electron chi connectivity index (χ2n) is 5.82. The molecule has 4 aromatic rings. The van der Waals surface area contributed by atoms with Gasteiger partial charge in [-0.05, 0) is 42.0 Å². The van der Waals surface area contributed by atoms with Gasteiger partial charge in [-0.2, -0.15) is 5.10 Å². The molecular formula is C21H16N2O2. The van der Waals surface area contributed by atoms with Crippen LogP contribution >= 0.6 is 0 Å². The summed E-state index contributed by atoms with van der Waals surface area (Å²) in [6, 6.07) is 24.8. The second-order valence-corrected chi connectivity index (χ2v) is 5.82. The lowest BCUT2D eigenvalue weighted by Gasteiger charge is -2.08. The minimum absolute atomic E-state index is 0.400. The number of aryl methyl sites for hydroxylation is 1. The molecule has 0 aliphatic rings. The van der Waals surface area contributed by atoms with Crippen molar-refractivity contribution in [3.63, 3.8) is 0 Å². The van der Waals surface area contributed by atoms with Gasteiger partial charge >= 0.3 is 5.97 Å². The average Bonchev–Trinajstić information content (AvgIpc) is 3.02. The monoisotopic (exact) mass is 328 g/mol. The maximum absolute atomic E-state index is 12.6. The second kappa shape index (κ2) is 6.24. The van der Waals surface area contributed by atoms with Crippen molar-refractivity contribution in [1.82, 2.24) is 9.78 Å². The lowest BCUT2D eigenvalue weighted by Crippen LogP contribution is -2.11. The predicted molar refractivity (Wildman–Crippen MR) is 97.2 cm³/mol. The lowest BCUT2D eigenvalue weighted by molar-refractivity contribution is 0.0723. The van der Waals surface area contributed by atoms with Gasteiger partial charge in [0.1, 0.15) is 0 Å². The third-order valence-electron chi connectivity index (χ3n) is 3.98. The molecule has 0 amide bonds. The Morgan fingerprint density at radius 3 is 2.40 bits per heavy atom. The number of fused-ring (bicyclic) bond motifs is 1. The number of carbonyl (C=O) groups excluding carboxylic acids is 1. The van der Waals surface area contributed by atoms with Crippen LogP contribution in [-0.2, 0) is 0 Å². The molecule has 4 rings (SSSR count). The van der Waals surface area contributed by atoms with Crippen molar-refractivity contribution in [3.8, 4) is 11.6 Å². The van der Waals surface area contributed by atoms with Crippen LogP contribution in [0, 0.1) is 6.92 Å². The van der Waals surface area contributed by atoms with Crippen LogP contribution in [-0.4, -0.2) is 15.7 Å². The summed E-state index contributed by atoms with van der Waals surface area (Å²) in [6.07, 6.45) is 0. The van der Waals surface area contributed by atoms with Gasteiger partial charge in [-0.1, -0.05) is 48.5 Å². The van der Waals surface area contributed by atoms with Crippen LogP contribution in [0.5, 0.6) is 5.88 Å². The van der Waals surface area contributed by atoms with Crippen molar-refractivity contribution in [2.24, 2.45) is 0 Å². The molecule has 0 N–H and O–H groups in total. The lowest BCUT2D eigenvalue weighted by atomic mass is 10.1. The van der Waals surface area contributed by atoms with E-state index in [9.17, 15) is 4.79 Å². The predicted octanol–water partition coefficient (Wildman–Crippen LogP) is 4.55. The number of para-hydroxylation sites is 1. The number of hydrogen-bond donors (Lipinski definition) is 0. The summed E-state index contributed by atoms with van der Waals surface area (Å²) in [5.74, 6) is 0.00435. The van der Waals surface area contributed by atoms with Crippen LogP contribution in [0.1, 0.15) is 16.1 Å². The molecule has 1 aromatic heterocycles. The highest BCUT2D eigenvalue weighted by Crippen LogP contribution is 2.21. The molecule has 0 saturated carbocycles. The number of aromatic nitrogens is 2. The molecule has 0 bridgehead atoms. The van der Waals surface area contributed by atoms with Gasteiger partial charge in [-0.25, -0.2) is 9.48 Å². The smallest absolute Gasteiger partial charge is 0.344 e. The Labute approximate surface area is 145 Å². The van der Waals surface area contributed by atoms with Gasteiger partial charge in [0, 0.05) is 6.07 Å². The average molecular weight is 328 g/mol.